The van der Waals surface area contributed by atoms with Gasteiger partial charge in [0.1, 0.15) is 34.5 Å². The third-order valence-electron chi connectivity index (χ3n) is 6.72. The topological polar surface area (TPSA) is 124 Å². The van der Waals surface area contributed by atoms with E-state index in [2.05, 4.69) is 5.32 Å². The van der Waals surface area contributed by atoms with Crippen LogP contribution in [0.3, 0.4) is 0 Å². The number of rotatable bonds is 6. The summed E-state index contributed by atoms with van der Waals surface area (Å²) < 4.78 is 22.4. The van der Waals surface area contributed by atoms with Gasteiger partial charge in [-0.2, -0.15) is 0 Å². The Morgan fingerprint density at radius 3 is 2.34 bits per heavy atom. The van der Waals surface area contributed by atoms with Crippen molar-refractivity contribution in [3.63, 3.8) is 0 Å². The lowest BCUT2D eigenvalue weighted by molar-refractivity contribution is 0.0125. The molecule has 1 aliphatic rings. The molecule has 2 atom stereocenters. The molecule has 10 heteroatoms. The zero-order valence-electron chi connectivity index (χ0n) is 23.9. The molecule has 1 saturated heterocycles. The summed E-state index contributed by atoms with van der Waals surface area (Å²) >= 11 is 0. The third kappa shape index (κ3) is 7.39. The number of phenolic OH excluding ortho intramolecular Hbond substituents is 1. The van der Waals surface area contributed by atoms with Gasteiger partial charge in [-0.1, -0.05) is 6.07 Å². The maximum Gasteiger partial charge on any atom is 0.410 e. The minimum atomic E-state index is -0.748. The van der Waals surface area contributed by atoms with Crippen molar-refractivity contribution < 1.29 is 38.4 Å². The fourth-order valence-corrected chi connectivity index (χ4v) is 4.68. The summed E-state index contributed by atoms with van der Waals surface area (Å²) in [5.74, 6) is -0.0316. The number of esters is 1. The van der Waals surface area contributed by atoms with E-state index in [0.29, 0.717) is 36.4 Å². The van der Waals surface area contributed by atoms with Crippen molar-refractivity contribution in [1.82, 2.24) is 10.2 Å². The number of carbonyl (C=O) groups excluding carboxylic acids is 3. The van der Waals surface area contributed by atoms with Crippen LogP contribution >= 0.6 is 0 Å². The molecule has 0 aliphatic carbocycles. The number of hydrogen-bond donors (Lipinski definition) is 2. The SMILES string of the molecule is COc1ccc2cc(OC)c(C(=O)O[C@@H]3CCCN(C(=O)OC(C)(C)C)C[C@H]3NC(=O)c3ccc(O)cc3)cc2c1. The normalized spacial score (nSPS) is 17.3. The first kappa shape index (κ1) is 29.5. The highest BCUT2D eigenvalue weighted by atomic mass is 16.6. The second-order valence-electron chi connectivity index (χ2n) is 10.9. The van der Waals surface area contributed by atoms with Crippen molar-refractivity contribution in [3.05, 3.63) is 65.7 Å². The van der Waals surface area contributed by atoms with Gasteiger partial charge in [-0.25, -0.2) is 9.59 Å². The molecule has 2 amide bonds. The molecular formula is C31H36N2O8. The molecule has 0 saturated carbocycles. The number of nitrogens with zero attached hydrogens (tertiary/aromatic N) is 1. The van der Waals surface area contributed by atoms with E-state index < -0.39 is 35.7 Å². The quantitative estimate of drug-likeness (QED) is 0.405. The number of nitrogens with one attached hydrogen (secondary N) is 1. The van der Waals surface area contributed by atoms with Crippen molar-refractivity contribution in [3.8, 4) is 17.2 Å². The molecule has 4 rings (SSSR count). The van der Waals surface area contributed by atoms with E-state index in [0.717, 1.165) is 10.8 Å². The van der Waals surface area contributed by atoms with Gasteiger partial charge in [-0.05, 0) is 92.9 Å². The summed E-state index contributed by atoms with van der Waals surface area (Å²) in [5.41, 5.74) is -0.161. The first-order valence-corrected chi connectivity index (χ1v) is 13.4. The standard InChI is InChI=1S/C31H36N2O8/c1-31(2,3)41-30(37)33-14-6-7-26(25(18-33)32-28(35)19-8-11-22(34)12-9-19)40-29(36)24-16-21-15-23(38-4)13-10-20(21)17-27(24)39-5/h8-13,15-17,25-26,34H,6-7,14,18H2,1-5H3,(H,32,35)/t25-,26-/m1/s1. The van der Waals surface area contributed by atoms with Crippen LogP contribution in [0.1, 0.15) is 54.3 Å². The number of methoxy groups -OCH3 is 2. The van der Waals surface area contributed by atoms with Crippen LogP contribution in [0.5, 0.6) is 17.2 Å². The van der Waals surface area contributed by atoms with Gasteiger partial charge in [0.05, 0.1) is 20.3 Å². The van der Waals surface area contributed by atoms with Gasteiger partial charge in [-0.15, -0.1) is 0 Å². The van der Waals surface area contributed by atoms with Crippen LogP contribution in [0.2, 0.25) is 0 Å². The molecule has 1 aliphatic heterocycles. The predicted octanol–water partition coefficient (Wildman–Crippen LogP) is 4.92. The average Bonchev–Trinajstić information content (AvgIpc) is 3.13. The number of benzene rings is 3. The van der Waals surface area contributed by atoms with Crippen molar-refractivity contribution in [1.29, 1.82) is 0 Å². The van der Waals surface area contributed by atoms with Gasteiger partial charge in [-0.3, -0.25) is 4.79 Å². The number of carbonyl (C=O) groups is 3. The fourth-order valence-electron chi connectivity index (χ4n) is 4.68. The Kier molecular flexibility index (Phi) is 8.90. The molecular weight excluding hydrogens is 528 g/mol. The van der Waals surface area contributed by atoms with Gasteiger partial charge in [0, 0.05) is 18.7 Å². The number of hydrogen-bond acceptors (Lipinski definition) is 8. The number of phenols is 1. The van der Waals surface area contributed by atoms with E-state index in [1.54, 1.807) is 40.0 Å². The molecule has 0 radical (unpaired) electrons. The molecule has 218 valence electrons. The molecule has 41 heavy (non-hydrogen) atoms. The second kappa shape index (κ2) is 12.4. The summed E-state index contributed by atoms with van der Waals surface area (Å²) in [6.45, 7) is 5.79. The van der Waals surface area contributed by atoms with E-state index >= 15 is 0 Å². The molecule has 10 nitrogen and oxygen atoms in total. The van der Waals surface area contributed by atoms with Crippen molar-refractivity contribution in [2.45, 2.75) is 51.4 Å². The average molecular weight is 565 g/mol. The number of aromatic hydroxyl groups is 1. The maximum absolute atomic E-state index is 13.6. The van der Waals surface area contributed by atoms with Crippen LogP contribution in [0, 0.1) is 0 Å². The first-order valence-electron chi connectivity index (χ1n) is 13.4. The molecule has 1 fully saturated rings. The molecule has 3 aromatic carbocycles. The number of amides is 2. The molecule has 2 N–H and O–H groups in total. The minimum absolute atomic E-state index is 0.0286. The summed E-state index contributed by atoms with van der Waals surface area (Å²) in [5, 5.41) is 14.2. The van der Waals surface area contributed by atoms with E-state index in [4.69, 9.17) is 18.9 Å². The predicted molar refractivity (Wildman–Crippen MR) is 153 cm³/mol. The number of likely N-dealkylation sites (tertiary alicyclic amines) is 1. The van der Waals surface area contributed by atoms with Crippen LogP contribution in [0.25, 0.3) is 10.8 Å². The van der Waals surface area contributed by atoms with Crippen LogP contribution in [-0.4, -0.2) is 73.0 Å². The minimum Gasteiger partial charge on any atom is -0.508 e. The van der Waals surface area contributed by atoms with Crippen molar-refractivity contribution in [2.75, 3.05) is 27.3 Å². The first-order chi connectivity index (χ1) is 19.5. The zero-order valence-corrected chi connectivity index (χ0v) is 23.9. The molecule has 0 spiro atoms. The zero-order chi connectivity index (χ0) is 29.7. The summed E-state index contributed by atoms with van der Waals surface area (Å²) in [4.78, 5) is 41.2. The fraction of sp³-hybridized carbons (Fsp3) is 0.387. The number of fused-ring (bicyclic) bond motifs is 1. The van der Waals surface area contributed by atoms with E-state index in [1.807, 2.05) is 18.2 Å². The van der Waals surface area contributed by atoms with Crippen molar-refractivity contribution in [2.24, 2.45) is 0 Å². The monoisotopic (exact) mass is 564 g/mol. The van der Waals surface area contributed by atoms with Crippen molar-refractivity contribution >= 4 is 28.7 Å². The molecule has 1 heterocycles. The second-order valence-corrected chi connectivity index (χ2v) is 10.9. The highest BCUT2D eigenvalue weighted by Gasteiger charge is 2.35. The van der Waals surface area contributed by atoms with E-state index in [1.165, 1.54) is 36.3 Å². The molecule has 0 aromatic heterocycles. The molecule has 3 aromatic rings. The highest BCUT2D eigenvalue weighted by molar-refractivity contribution is 5.99. The lowest BCUT2D eigenvalue weighted by Gasteiger charge is -2.30. The smallest absolute Gasteiger partial charge is 0.410 e. The summed E-state index contributed by atoms with van der Waals surface area (Å²) in [6.07, 6.45) is -0.343. The Balaban J connectivity index is 1.62. The summed E-state index contributed by atoms with van der Waals surface area (Å²) in [7, 11) is 3.05. The molecule has 0 unspecified atom stereocenters. The van der Waals surface area contributed by atoms with Gasteiger partial charge >= 0.3 is 12.1 Å². The largest absolute Gasteiger partial charge is 0.508 e. The Hall–Kier alpha value is -4.47. The lowest BCUT2D eigenvalue weighted by Crippen LogP contribution is -2.51. The van der Waals surface area contributed by atoms with Crippen LogP contribution in [-0.2, 0) is 9.47 Å². The van der Waals surface area contributed by atoms with Gasteiger partial charge in [0.25, 0.3) is 5.91 Å². The number of ether oxygens (including phenoxy) is 4. The lowest BCUT2D eigenvalue weighted by atomic mass is 10.0. The Morgan fingerprint density at radius 1 is 0.951 bits per heavy atom. The van der Waals surface area contributed by atoms with Crippen LogP contribution < -0.4 is 14.8 Å². The summed E-state index contributed by atoms with van der Waals surface area (Å²) in [6, 6.07) is 14.0. The van der Waals surface area contributed by atoms with Gasteiger partial charge < -0.3 is 34.3 Å². The van der Waals surface area contributed by atoms with Crippen LogP contribution in [0.4, 0.5) is 4.79 Å². The highest BCUT2D eigenvalue weighted by Crippen LogP contribution is 2.30. The third-order valence-corrected chi connectivity index (χ3v) is 6.72. The maximum atomic E-state index is 13.6. The van der Waals surface area contributed by atoms with E-state index in [-0.39, 0.29) is 17.9 Å². The van der Waals surface area contributed by atoms with Gasteiger partial charge in [0.15, 0.2) is 0 Å². The van der Waals surface area contributed by atoms with Gasteiger partial charge in [0.2, 0.25) is 0 Å². The Labute approximate surface area is 239 Å². The molecule has 0 bridgehead atoms. The Morgan fingerprint density at radius 2 is 1.68 bits per heavy atom. The van der Waals surface area contributed by atoms with E-state index in [9.17, 15) is 19.5 Å². The Bertz CT molecular complexity index is 1410. The van der Waals surface area contributed by atoms with Crippen LogP contribution in [0.15, 0.2) is 54.6 Å².